The van der Waals surface area contributed by atoms with E-state index in [4.69, 9.17) is 17.0 Å². The first kappa shape index (κ1) is 18.6. The molecule has 0 spiro atoms. The fraction of sp³-hybridized carbons (Fsp3) is 0.211. The van der Waals surface area contributed by atoms with Crippen molar-refractivity contribution in [2.45, 2.75) is 13.8 Å². The minimum atomic E-state index is -0.551. The van der Waals surface area contributed by atoms with Gasteiger partial charge in [-0.3, -0.25) is 5.43 Å². The van der Waals surface area contributed by atoms with Gasteiger partial charge < -0.3 is 9.64 Å². The van der Waals surface area contributed by atoms with Crippen LogP contribution in [0.3, 0.4) is 0 Å². The number of carbonyl (C=O) groups excluding carboxylic acids is 1. The molecular formula is C19H21N3O2S. The lowest BCUT2D eigenvalue weighted by Gasteiger charge is -2.24. The molecule has 0 fully saturated rings. The molecule has 2 aromatic carbocycles. The van der Waals surface area contributed by atoms with Gasteiger partial charge in [0.2, 0.25) is 5.71 Å². The summed E-state index contributed by atoms with van der Waals surface area (Å²) in [6, 6.07) is 19.0. The van der Waals surface area contributed by atoms with Crippen LogP contribution in [0.1, 0.15) is 13.8 Å². The van der Waals surface area contributed by atoms with Crippen molar-refractivity contribution < 1.29 is 9.53 Å². The molecular weight excluding hydrogens is 334 g/mol. The summed E-state index contributed by atoms with van der Waals surface area (Å²) in [5, 5.41) is 4.22. The normalized spacial score (nSPS) is 10.9. The number of para-hydroxylation sites is 2. The second-order valence-electron chi connectivity index (χ2n) is 5.04. The second-order valence-corrected chi connectivity index (χ2v) is 5.43. The molecule has 0 aliphatic carbocycles. The van der Waals surface area contributed by atoms with Crippen molar-refractivity contribution in [3.63, 3.8) is 0 Å². The molecule has 5 nitrogen and oxygen atoms in total. The number of nitrogens with one attached hydrogen (secondary N) is 1. The summed E-state index contributed by atoms with van der Waals surface area (Å²) in [7, 11) is 0. The number of anilines is 2. The Labute approximate surface area is 153 Å². The number of rotatable bonds is 7. The van der Waals surface area contributed by atoms with E-state index in [-0.39, 0.29) is 12.3 Å². The number of nitrogens with zero attached hydrogens (tertiary/aromatic N) is 2. The molecule has 0 aliphatic heterocycles. The highest BCUT2D eigenvalue weighted by molar-refractivity contribution is 7.82. The summed E-state index contributed by atoms with van der Waals surface area (Å²) in [4.78, 5) is 14.5. The SMILES string of the molecule is CCOC(=O)C(=NNc1ccccc1)C(=S)N(CC)c1ccccc1. The summed E-state index contributed by atoms with van der Waals surface area (Å²) in [5.41, 5.74) is 4.60. The third kappa shape index (κ3) is 5.12. The van der Waals surface area contributed by atoms with Gasteiger partial charge >= 0.3 is 5.97 Å². The molecule has 2 aromatic rings. The van der Waals surface area contributed by atoms with E-state index in [2.05, 4.69) is 10.5 Å². The van der Waals surface area contributed by atoms with E-state index < -0.39 is 5.97 Å². The Morgan fingerprint density at radius 3 is 2.24 bits per heavy atom. The van der Waals surface area contributed by atoms with E-state index in [1.54, 1.807) is 6.92 Å². The lowest BCUT2D eigenvalue weighted by atomic mass is 10.2. The maximum atomic E-state index is 12.4. The van der Waals surface area contributed by atoms with Gasteiger partial charge in [0.1, 0.15) is 4.99 Å². The first-order chi connectivity index (χ1) is 12.2. The van der Waals surface area contributed by atoms with Crippen molar-refractivity contribution in [2.24, 2.45) is 5.10 Å². The van der Waals surface area contributed by atoms with Crippen molar-refractivity contribution >= 4 is 40.3 Å². The van der Waals surface area contributed by atoms with Crippen LogP contribution in [0.25, 0.3) is 0 Å². The van der Waals surface area contributed by atoms with Crippen molar-refractivity contribution in [3.8, 4) is 0 Å². The Bertz CT molecular complexity index is 733. The highest BCUT2D eigenvalue weighted by Gasteiger charge is 2.24. The van der Waals surface area contributed by atoms with Crippen LogP contribution in [0, 0.1) is 0 Å². The number of esters is 1. The first-order valence-electron chi connectivity index (χ1n) is 8.10. The summed E-state index contributed by atoms with van der Waals surface area (Å²) >= 11 is 5.54. The van der Waals surface area contributed by atoms with Gasteiger partial charge in [-0.2, -0.15) is 5.10 Å². The number of hydrazone groups is 1. The smallest absolute Gasteiger partial charge is 0.361 e. The average molecular weight is 355 g/mol. The minimum absolute atomic E-state index is 0.0754. The molecule has 25 heavy (non-hydrogen) atoms. The maximum absolute atomic E-state index is 12.4. The van der Waals surface area contributed by atoms with Gasteiger partial charge in [-0.1, -0.05) is 48.6 Å². The Hall–Kier alpha value is -2.73. The summed E-state index contributed by atoms with van der Waals surface area (Å²) in [6.07, 6.45) is 0. The Kier molecular flexibility index (Phi) is 7.10. The standard InChI is InChI=1S/C19H21N3O2S/c1-3-22(16-13-9-6-10-14-16)18(25)17(19(23)24-4-2)21-20-15-11-7-5-8-12-15/h5-14,20H,3-4H2,1-2H3. The minimum Gasteiger partial charge on any atom is -0.461 e. The van der Waals surface area contributed by atoms with Crippen molar-refractivity contribution in [1.82, 2.24) is 0 Å². The second kappa shape index (κ2) is 9.54. The zero-order valence-corrected chi connectivity index (χ0v) is 15.1. The fourth-order valence-electron chi connectivity index (χ4n) is 2.19. The van der Waals surface area contributed by atoms with Gasteiger partial charge in [-0.25, -0.2) is 4.79 Å². The molecule has 0 saturated heterocycles. The molecule has 0 radical (unpaired) electrons. The molecule has 0 atom stereocenters. The largest absolute Gasteiger partial charge is 0.461 e. The topological polar surface area (TPSA) is 53.9 Å². The van der Waals surface area contributed by atoms with Crippen LogP contribution in [0.2, 0.25) is 0 Å². The zero-order chi connectivity index (χ0) is 18.1. The number of thiocarbonyl (C=S) groups is 1. The molecule has 2 rings (SSSR count). The van der Waals surface area contributed by atoms with Crippen LogP contribution in [0.15, 0.2) is 65.8 Å². The first-order valence-corrected chi connectivity index (χ1v) is 8.51. The Morgan fingerprint density at radius 2 is 1.68 bits per heavy atom. The predicted molar refractivity (Wildman–Crippen MR) is 106 cm³/mol. The lowest BCUT2D eigenvalue weighted by Crippen LogP contribution is -2.40. The van der Waals surface area contributed by atoms with Gasteiger partial charge in [-0.05, 0) is 38.1 Å². The molecule has 0 bridgehead atoms. The van der Waals surface area contributed by atoms with E-state index in [9.17, 15) is 4.79 Å². The number of hydrogen-bond acceptors (Lipinski definition) is 5. The molecule has 130 valence electrons. The van der Waals surface area contributed by atoms with E-state index in [0.29, 0.717) is 11.5 Å². The third-order valence-corrected chi connectivity index (χ3v) is 3.78. The number of benzene rings is 2. The van der Waals surface area contributed by atoms with Gasteiger partial charge in [-0.15, -0.1) is 0 Å². The average Bonchev–Trinajstić information content (AvgIpc) is 2.64. The van der Waals surface area contributed by atoms with Crippen LogP contribution in [0.4, 0.5) is 11.4 Å². The molecule has 0 unspecified atom stereocenters. The molecule has 1 N–H and O–H groups in total. The molecule has 0 aromatic heterocycles. The van der Waals surface area contributed by atoms with Crippen LogP contribution < -0.4 is 10.3 Å². The Morgan fingerprint density at radius 1 is 1.08 bits per heavy atom. The van der Waals surface area contributed by atoms with Crippen molar-refractivity contribution in [2.75, 3.05) is 23.5 Å². The fourth-order valence-corrected chi connectivity index (χ4v) is 2.56. The van der Waals surface area contributed by atoms with Gasteiger partial charge in [0.05, 0.1) is 12.3 Å². The van der Waals surface area contributed by atoms with Crippen molar-refractivity contribution in [1.29, 1.82) is 0 Å². The highest BCUT2D eigenvalue weighted by atomic mass is 32.1. The summed E-state index contributed by atoms with van der Waals surface area (Å²) < 4.78 is 5.12. The summed E-state index contributed by atoms with van der Waals surface area (Å²) in [6.45, 7) is 4.57. The van der Waals surface area contributed by atoms with E-state index in [1.165, 1.54) is 0 Å². The molecule has 0 saturated carbocycles. The van der Waals surface area contributed by atoms with E-state index >= 15 is 0 Å². The van der Waals surface area contributed by atoms with Gasteiger partial charge in [0.15, 0.2) is 0 Å². The van der Waals surface area contributed by atoms with Gasteiger partial charge in [0.25, 0.3) is 0 Å². The summed E-state index contributed by atoms with van der Waals surface area (Å²) in [5.74, 6) is -0.551. The predicted octanol–water partition coefficient (Wildman–Crippen LogP) is 3.87. The van der Waals surface area contributed by atoms with E-state index in [0.717, 1.165) is 11.4 Å². The van der Waals surface area contributed by atoms with Crippen LogP contribution in [-0.2, 0) is 9.53 Å². The monoisotopic (exact) mass is 355 g/mol. The van der Waals surface area contributed by atoms with Crippen molar-refractivity contribution in [3.05, 3.63) is 60.7 Å². The molecule has 0 heterocycles. The van der Waals surface area contributed by atoms with Gasteiger partial charge in [0, 0.05) is 12.2 Å². The maximum Gasteiger partial charge on any atom is 0.361 e. The molecule has 0 amide bonds. The van der Waals surface area contributed by atoms with Crippen LogP contribution in [0.5, 0.6) is 0 Å². The number of hydrogen-bond donors (Lipinski definition) is 1. The Balaban J connectivity index is 2.30. The molecule has 6 heteroatoms. The van der Waals surface area contributed by atoms with Crippen LogP contribution in [-0.4, -0.2) is 29.8 Å². The quantitative estimate of drug-likeness (QED) is 0.354. The molecule has 0 aliphatic rings. The zero-order valence-electron chi connectivity index (χ0n) is 14.3. The number of ether oxygens (including phenoxy) is 1. The highest BCUT2D eigenvalue weighted by Crippen LogP contribution is 2.15. The van der Waals surface area contributed by atoms with E-state index in [1.807, 2.05) is 72.5 Å². The van der Waals surface area contributed by atoms with Crippen LogP contribution >= 0.6 is 12.2 Å². The lowest BCUT2D eigenvalue weighted by molar-refractivity contribution is -0.134. The third-order valence-electron chi connectivity index (χ3n) is 3.37. The number of carbonyl (C=O) groups is 1.